The van der Waals surface area contributed by atoms with Crippen LogP contribution in [0.4, 0.5) is 4.39 Å². The maximum Gasteiger partial charge on any atom is 0.336 e. The highest BCUT2D eigenvalue weighted by Gasteiger charge is 2.05. The fourth-order valence-corrected chi connectivity index (χ4v) is 1.94. The van der Waals surface area contributed by atoms with E-state index in [0.717, 1.165) is 12.0 Å². The van der Waals surface area contributed by atoms with Gasteiger partial charge in [-0.15, -0.1) is 0 Å². The molecule has 0 heterocycles. The lowest BCUT2D eigenvalue weighted by Gasteiger charge is -2.10. The summed E-state index contributed by atoms with van der Waals surface area (Å²) < 4.78 is 28.7. The highest BCUT2D eigenvalue weighted by atomic mass is 19.1. The second-order valence-electron chi connectivity index (χ2n) is 4.97. The molecule has 0 spiro atoms. The Morgan fingerprint density at radius 2 is 1.88 bits per heavy atom. The number of halogens is 1. The maximum absolute atomic E-state index is 12.8. The van der Waals surface area contributed by atoms with Crippen LogP contribution in [0, 0.1) is 5.82 Å². The van der Waals surface area contributed by atoms with Gasteiger partial charge in [0.2, 0.25) is 0 Å². The molecule has 0 bridgehead atoms. The van der Waals surface area contributed by atoms with Gasteiger partial charge in [-0.25, -0.2) is 9.18 Å². The van der Waals surface area contributed by atoms with Crippen LogP contribution in [0.2, 0.25) is 0 Å². The molecule has 0 N–H and O–H groups in total. The topological polar surface area (TPSA) is 44.8 Å². The van der Waals surface area contributed by atoms with E-state index in [-0.39, 0.29) is 11.6 Å². The number of carbonyl (C=O) groups is 1. The second-order valence-corrected chi connectivity index (χ2v) is 4.97. The van der Waals surface area contributed by atoms with Crippen molar-refractivity contribution in [3.05, 3.63) is 59.9 Å². The van der Waals surface area contributed by atoms with Crippen LogP contribution in [0.25, 0.3) is 6.08 Å². The van der Waals surface area contributed by atoms with Gasteiger partial charge in [0.1, 0.15) is 11.6 Å². The van der Waals surface area contributed by atoms with E-state index in [0.29, 0.717) is 18.1 Å². The summed E-state index contributed by atoms with van der Waals surface area (Å²) in [5.41, 5.74) is 0.770. The lowest BCUT2D eigenvalue weighted by molar-refractivity contribution is -0.128. The minimum atomic E-state index is -0.549. The summed E-state index contributed by atoms with van der Waals surface area (Å²) in [5, 5.41) is 0. The number of carbonyl (C=O) groups excluding carboxylic acids is 1. The predicted octanol–water partition coefficient (Wildman–Crippen LogP) is 4.24. The molecule has 5 heteroatoms. The summed E-state index contributed by atoms with van der Waals surface area (Å²) in [5.74, 6) is 0.601. The number of hydrogen-bond donors (Lipinski definition) is 0. The van der Waals surface area contributed by atoms with Crippen LogP contribution in [0.5, 0.6) is 17.2 Å². The minimum Gasteiger partial charge on any atom is -0.493 e. The van der Waals surface area contributed by atoms with E-state index in [9.17, 15) is 9.18 Å². The Bertz CT molecular complexity index is 708. The summed E-state index contributed by atoms with van der Waals surface area (Å²) in [6.07, 6.45) is 3.81. The number of ether oxygens (including phenoxy) is 3. The van der Waals surface area contributed by atoms with Gasteiger partial charge in [-0.3, -0.25) is 0 Å². The van der Waals surface area contributed by atoms with Gasteiger partial charge < -0.3 is 14.2 Å². The van der Waals surface area contributed by atoms with E-state index in [1.807, 2.05) is 13.0 Å². The third-order valence-corrected chi connectivity index (χ3v) is 3.09. The van der Waals surface area contributed by atoms with Gasteiger partial charge >= 0.3 is 5.97 Å². The number of rotatable bonds is 7. The molecule has 2 aromatic carbocycles. The zero-order chi connectivity index (χ0) is 17.4. The number of methoxy groups -OCH3 is 1. The summed E-state index contributed by atoms with van der Waals surface area (Å²) in [7, 11) is 1.56. The van der Waals surface area contributed by atoms with Crippen molar-refractivity contribution in [2.75, 3.05) is 13.7 Å². The second kappa shape index (κ2) is 8.72. The molecule has 0 unspecified atom stereocenters. The summed E-state index contributed by atoms with van der Waals surface area (Å²) in [4.78, 5) is 11.8. The lowest BCUT2D eigenvalue weighted by atomic mass is 10.2. The van der Waals surface area contributed by atoms with Gasteiger partial charge in [0.05, 0.1) is 13.7 Å². The van der Waals surface area contributed by atoms with E-state index in [1.165, 1.54) is 30.3 Å². The van der Waals surface area contributed by atoms with Crippen molar-refractivity contribution in [1.82, 2.24) is 0 Å². The molecule has 0 aliphatic rings. The largest absolute Gasteiger partial charge is 0.493 e. The molecule has 2 rings (SSSR count). The molecule has 0 aliphatic carbocycles. The average Bonchev–Trinajstić information content (AvgIpc) is 2.60. The van der Waals surface area contributed by atoms with Crippen LogP contribution in [0.3, 0.4) is 0 Å². The molecule has 126 valence electrons. The first-order chi connectivity index (χ1) is 11.6. The highest BCUT2D eigenvalue weighted by molar-refractivity contribution is 5.88. The summed E-state index contributed by atoms with van der Waals surface area (Å²) in [6, 6.07) is 10.6. The van der Waals surface area contributed by atoms with Crippen molar-refractivity contribution in [1.29, 1.82) is 0 Å². The summed E-state index contributed by atoms with van der Waals surface area (Å²) in [6.45, 7) is 2.63. The SMILES string of the molecule is CCCOc1ccc(/C=C/C(=O)Oc2ccc(F)cc2)cc1OC. The van der Waals surface area contributed by atoms with Gasteiger partial charge in [0.25, 0.3) is 0 Å². The molecule has 0 aliphatic heterocycles. The molecule has 4 nitrogen and oxygen atoms in total. The van der Waals surface area contributed by atoms with E-state index in [4.69, 9.17) is 14.2 Å². The molecule has 24 heavy (non-hydrogen) atoms. The van der Waals surface area contributed by atoms with Gasteiger partial charge in [0, 0.05) is 6.08 Å². The van der Waals surface area contributed by atoms with Gasteiger partial charge in [0.15, 0.2) is 11.5 Å². The third-order valence-electron chi connectivity index (χ3n) is 3.09. The van der Waals surface area contributed by atoms with Crippen molar-refractivity contribution in [2.24, 2.45) is 0 Å². The van der Waals surface area contributed by atoms with Crippen LogP contribution in [0.1, 0.15) is 18.9 Å². The molecule has 0 saturated heterocycles. The molecule has 0 fully saturated rings. The monoisotopic (exact) mass is 330 g/mol. The van der Waals surface area contributed by atoms with Crippen molar-refractivity contribution < 1.29 is 23.4 Å². The van der Waals surface area contributed by atoms with E-state index in [2.05, 4.69) is 0 Å². The normalized spacial score (nSPS) is 10.6. The van der Waals surface area contributed by atoms with Gasteiger partial charge in [-0.2, -0.15) is 0 Å². The Balaban J connectivity index is 2.02. The lowest BCUT2D eigenvalue weighted by Crippen LogP contribution is -2.03. The van der Waals surface area contributed by atoms with Crippen LogP contribution >= 0.6 is 0 Å². The minimum absolute atomic E-state index is 0.284. The summed E-state index contributed by atoms with van der Waals surface area (Å²) >= 11 is 0. The number of hydrogen-bond acceptors (Lipinski definition) is 4. The van der Waals surface area contributed by atoms with Gasteiger partial charge in [-0.1, -0.05) is 13.0 Å². The Kier molecular flexibility index (Phi) is 6.37. The molecular weight excluding hydrogens is 311 g/mol. The fourth-order valence-electron chi connectivity index (χ4n) is 1.94. The molecule has 0 saturated carbocycles. The van der Waals surface area contributed by atoms with E-state index < -0.39 is 5.97 Å². The highest BCUT2D eigenvalue weighted by Crippen LogP contribution is 2.28. The van der Waals surface area contributed by atoms with Crippen LogP contribution in [-0.2, 0) is 4.79 Å². The molecule has 0 aromatic heterocycles. The first kappa shape index (κ1) is 17.5. The van der Waals surface area contributed by atoms with Crippen molar-refractivity contribution >= 4 is 12.0 Å². The quantitative estimate of drug-likeness (QED) is 0.433. The Labute approximate surface area is 140 Å². The zero-order valence-electron chi connectivity index (χ0n) is 13.6. The molecule has 2 aromatic rings. The van der Waals surface area contributed by atoms with Gasteiger partial charge in [-0.05, 0) is 54.5 Å². The number of benzene rings is 2. The fraction of sp³-hybridized carbons (Fsp3) is 0.211. The first-order valence-electron chi connectivity index (χ1n) is 7.58. The maximum atomic E-state index is 12.8. The smallest absolute Gasteiger partial charge is 0.336 e. The Hall–Kier alpha value is -2.82. The average molecular weight is 330 g/mol. The van der Waals surface area contributed by atoms with E-state index in [1.54, 1.807) is 25.3 Å². The van der Waals surface area contributed by atoms with Crippen LogP contribution in [0.15, 0.2) is 48.5 Å². The zero-order valence-corrected chi connectivity index (χ0v) is 13.6. The van der Waals surface area contributed by atoms with Crippen LogP contribution < -0.4 is 14.2 Å². The van der Waals surface area contributed by atoms with Crippen molar-refractivity contribution in [3.63, 3.8) is 0 Å². The molecule has 0 atom stereocenters. The third kappa shape index (κ3) is 5.12. The van der Waals surface area contributed by atoms with Crippen molar-refractivity contribution in [3.8, 4) is 17.2 Å². The first-order valence-corrected chi connectivity index (χ1v) is 7.58. The Morgan fingerprint density at radius 1 is 1.12 bits per heavy atom. The molecule has 0 radical (unpaired) electrons. The predicted molar refractivity (Wildman–Crippen MR) is 89.8 cm³/mol. The van der Waals surface area contributed by atoms with Crippen molar-refractivity contribution in [2.45, 2.75) is 13.3 Å². The molecular formula is C19H19FO4. The molecule has 0 amide bonds. The number of esters is 1. The Morgan fingerprint density at radius 3 is 2.54 bits per heavy atom. The van der Waals surface area contributed by atoms with E-state index >= 15 is 0 Å². The standard InChI is InChI=1S/C19H19FO4/c1-3-12-23-17-10-4-14(13-18(17)22-2)5-11-19(21)24-16-8-6-15(20)7-9-16/h4-11,13H,3,12H2,1-2H3/b11-5+. The van der Waals surface area contributed by atoms with Crippen LogP contribution in [-0.4, -0.2) is 19.7 Å².